The van der Waals surface area contributed by atoms with E-state index < -0.39 is 0 Å². The van der Waals surface area contributed by atoms with E-state index in [1.807, 2.05) is 6.07 Å². The van der Waals surface area contributed by atoms with Crippen molar-refractivity contribution in [3.05, 3.63) is 145 Å². The van der Waals surface area contributed by atoms with Gasteiger partial charge >= 0.3 is 0 Å². The summed E-state index contributed by atoms with van der Waals surface area (Å²) in [5.41, 5.74) is 14.6. The van der Waals surface area contributed by atoms with Crippen LogP contribution in [0.1, 0.15) is 44.1 Å². The number of oxazole rings is 1. The van der Waals surface area contributed by atoms with E-state index in [9.17, 15) is 0 Å². The second kappa shape index (κ2) is 11.4. The minimum absolute atomic E-state index is 0.401. The lowest BCUT2D eigenvalue weighted by Gasteiger charge is -2.57. The molecule has 0 atom stereocenters. The predicted molar refractivity (Wildman–Crippen MR) is 199 cm³/mol. The maximum Gasteiger partial charge on any atom is 0.182 e. The molecule has 11 rings (SSSR count). The van der Waals surface area contributed by atoms with Gasteiger partial charge < -0.3 is 4.42 Å². The molecule has 0 radical (unpaired) electrons. The van der Waals surface area contributed by atoms with E-state index in [-0.39, 0.29) is 0 Å². The molecule has 0 saturated heterocycles. The average molecular weight is 635 g/mol. The molecule has 4 aliphatic carbocycles. The Morgan fingerprint density at radius 1 is 0.490 bits per heavy atom. The molecule has 7 aromatic rings. The first kappa shape index (κ1) is 28.7. The van der Waals surface area contributed by atoms with Gasteiger partial charge in [0.1, 0.15) is 5.52 Å². The third kappa shape index (κ3) is 5.03. The molecule has 5 aromatic carbocycles. The third-order valence-electron chi connectivity index (χ3n) is 11.8. The van der Waals surface area contributed by atoms with E-state index in [1.54, 1.807) is 12.0 Å². The van der Waals surface area contributed by atoms with Gasteiger partial charge in [-0.25, -0.2) is 9.97 Å². The van der Waals surface area contributed by atoms with Gasteiger partial charge in [0.05, 0.1) is 11.4 Å². The number of benzene rings is 5. The Balaban J connectivity index is 1.00. The summed E-state index contributed by atoms with van der Waals surface area (Å²) < 4.78 is 5.97. The lowest BCUT2D eigenvalue weighted by Crippen LogP contribution is -2.48. The van der Waals surface area contributed by atoms with E-state index in [0.29, 0.717) is 5.41 Å². The van der Waals surface area contributed by atoms with Crippen LogP contribution in [-0.4, -0.2) is 9.97 Å². The van der Waals surface area contributed by atoms with Crippen LogP contribution in [0.25, 0.3) is 67.0 Å². The smallest absolute Gasteiger partial charge is 0.182 e. The molecule has 0 spiro atoms. The number of rotatable bonds is 6. The molecule has 238 valence electrons. The normalized spacial score (nSPS) is 22.5. The lowest BCUT2D eigenvalue weighted by atomic mass is 9.48. The molecule has 3 nitrogen and oxygen atoms in total. The van der Waals surface area contributed by atoms with Gasteiger partial charge in [0.2, 0.25) is 0 Å². The molecule has 0 N–H and O–H groups in total. The Kier molecular flexibility index (Phi) is 6.69. The van der Waals surface area contributed by atoms with Gasteiger partial charge in [-0.1, -0.05) is 115 Å². The Hall–Kier alpha value is -5.28. The van der Waals surface area contributed by atoms with Crippen molar-refractivity contribution in [3.8, 4) is 55.9 Å². The molecular formula is C46H38N2O. The van der Waals surface area contributed by atoms with E-state index in [4.69, 9.17) is 9.40 Å². The molecule has 4 aliphatic rings. The van der Waals surface area contributed by atoms with Crippen molar-refractivity contribution in [1.29, 1.82) is 0 Å². The van der Waals surface area contributed by atoms with Crippen LogP contribution in [0.4, 0.5) is 0 Å². The molecule has 2 heterocycles. The highest BCUT2D eigenvalue weighted by atomic mass is 16.3. The summed E-state index contributed by atoms with van der Waals surface area (Å²) in [4.78, 5) is 9.83. The largest absolute Gasteiger partial charge is 0.443 e. The van der Waals surface area contributed by atoms with Crippen molar-refractivity contribution >= 4 is 11.1 Å². The summed E-state index contributed by atoms with van der Waals surface area (Å²) in [5, 5.41) is 0. The monoisotopic (exact) mass is 634 g/mol. The van der Waals surface area contributed by atoms with E-state index in [2.05, 4.69) is 132 Å². The number of fused-ring (bicyclic) bond motifs is 1. The first-order chi connectivity index (χ1) is 24.2. The van der Waals surface area contributed by atoms with Crippen LogP contribution in [0, 0.1) is 17.8 Å². The highest BCUT2D eigenvalue weighted by Crippen LogP contribution is 2.60. The molecule has 0 aliphatic heterocycles. The number of nitrogens with zero attached hydrogens (tertiary/aromatic N) is 2. The van der Waals surface area contributed by atoms with Crippen LogP contribution in [0.3, 0.4) is 0 Å². The molecule has 49 heavy (non-hydrogen) atoms. The van der Waals surface area contributed by atoms with Gasteiger partial charge in [-0.15, -0.1) is 0 Å². The zero-order valence-electron chi connectivity index (χ0n) is 27.6. The maximum atomic E-state index is 5.97. The molecule has 4 saturated carbocycles. The van der Waals surface area contributed by atoms with Crippen molar-refractivity contribution in [2.24, 2.45) is 17.8 Å². The van der Waals surface area contributed by atoms with E-state index in [1.165, 1.54) is 44.1 Å². The van der Waals surface area contributed by atoms with Gasteiger partial charge in [-0.3, -0.25) is 0 Å². The molecule has 4 fully saturated rings. The van der Waals surface area contributed by atoms with Crippen LogP contribution < -0.4 is 0 Å². The van der Waals surface area contributed by atoms with Gasteiger partial charge in [0.25, 0.3) is 0 Å². The Bertz CT molecular complexity index is 2250. The quantitative estimate of drug-likeness (QED) is 0.183. The zero-order chi connectivity index (χ0) is 32.4. The minimum Gasteiger partial charge on any atom is -0.443 e. The third-order valence-corrected chi connectivity index (χ3v) is 11.8. The fraction of sp³-hybridized carbons (Fsp3) is 0.217. The second-order valence-corrected chi connectivity index (χ2v) is 14.9. The molecule has 3 heteroatoms. The van der Waals surface area contributed by atoms with Crippen molar-refractivity contribution < 1.29 is 4.42 Å². The zero-order valence-corrected chi connectivity index (χ0v) is 27.6. The van der Waals surface area contributed by atoms with Crippen molar-refractivity contribution in [2.45, 2.75) is 43.9 Å². The fourth-order valence-electron chi connectivity index (χ4n) is 9.93. The molecule has 0 unspecified atom stereocenters. The standard InChI is InChI=1S/C46H38N2O/c1-3-7-34(8-4-1)40-19-20-41(45-44(40)47-29-49-45)35-13-11-33(12-14-35)38-24-42(36-9-5-2-6-10-36)48-43(25-38)37-15-17-39(18-16-37)46-26-30-21-31(27-46)23-32(22-30)28-46/h1-20,24-25,29-32H,21-23,26-28H2. The summed E-state index contributed by atoms with van der Waals surface area (Å²) in [6.45, 7) is 0. The Morgan fingerprint density at radius 3 is 1.63 bits per heavy atom. The summed E-state index contributed by atoms with van der Waals surface area (Å²) >= 11 is 0. The van der Waals surface area contributed by atoms with Gasteiger partial charge in [0.15, 0.2) is 12.0 Å². The molecule has 4 bridgehead atoms. The Morgan fingerprint density at radius 2 is 1.00 bits per heavy atom. The van der Waals surface area contributed by atoms with Crippen molar-refractivity contribution in [2.75, 3.05) is 0 Å². The minimum atomic E-state index is 0.401. The number of pyridine rings is 1. The molecule has 2 aromatic heterocycles. The number of hydrogen-bond acceptors (Lipinski definition) is 3. The maximum absolute atomic E-state index is 5.97. The first-order valence-electron chi connectivity index (χ1n) is 17.9. The fourth-order valence-corrected chi connectivity index (χ4v) is 9.93. The summed E-state index contributed by atoms with van der Waals surface area (Å²) in [5.74, 6) is 2.83. The average Bonchev–Trinajstić information content (AvgIpc) is 3.65. The van der Waals surface area contributed by atoms with Crippen LogP contribution >= 0.6 is 0 Å². The topological polar surface area (TPSA) is 38.9 Å². The molecular weight excluding hydrogens is 597 g/mol. The summed E-state index contributed by atoms with van der Waals surface area (Å²) in [7, 11) is 0. The second-order valence-electron chi connectivity index (χ2n) is 14.9. The number of aromatic nitrogens is 2. The Labute approximate surface area is 287 Å². The van der Waals surface area contributed by atoms with Crippen LogP contribution in [0.15, 0.2) is 144 Å². The van der Waals surface area contributed by atoms with E-state index in [0.717, 1.165) is 79.2 Å². The summed E-state index contributed by atoms with van der Waals surface area (Å²) in [6, 6.07) is 48.0. The predicted octanol–water partition coefficient (Wildman–Crippen LogP) is 12.0. The van der Waals surface area contributed by atoms with Gasteiger partial charge in [0, 0.05) is 22.3 Å². The van der Waals surface area contributed by atoms with Crippen LogP contribution in [-0.2, 0) is 5.41 Å². The van der Waals surface area contributed by atoms with Crippen molar-refractivity contribution in [1.82, 2.24) is 9.97 Å². The van der Waals surface area contributed by atoms with Crippen LogP contribution in [0.2, 0.25) is 0 Å². The molecule has 0 amide bonds. The summed E-state index contributed by atoms with van der Waals surface area (Å²) in [6.07, 6.45) is 10.1. The van der Waals surface area contributed by atoms with Gasteiger partial charge in [-0.05, 0) is 108 Å². The first-order valence-corrected chi connectivity index (χ1v) is 17.9. The van der Waals surface area contributed by atoms with Crippen LogP contribution in [0.5, 0.6) is 0 Å². The SMILES string of the molecule is c1ccc(-c2cc(-c3ccc(-c4ccc(-c5ccccc5)c5ncoc45)cc3)cc(-c3ccc(C45CC6CC(CC(C6)C4)C5)cc3)n2)cc1. The highest BCUT2D eigenvalue weighted by Gasteiger charge is 2.51. The number of hydrogen-bond donors (Lipinski definition) is 0. The highest BCUT2D eigenvalue weighted by molar-refractivity contribution is 5.99. The van der Waals surface area contributed by atoms with E-state index >= 15 is 0 Å². The van der Waals surface area contributed by atoms with Crippen molar-refractivity contribution in [3.63, 3.8) is 0 Å². The van der Waals surface area contributed by atoms with Gasteiger partial charge in [-0.2, -0.15) is 0 Å². The lowest BCUT2D eigenvalue weighted by molar-refractivity contribution is -0.00518.